The fraction of sp³-hybridized carbons (Fsp3) is 0.640. The summed E-state index contributed by atoms with van der Waals surface area (Å²) < 4.78 is 7.84. The molecule has 5 fully saturated rings. The predicted octanol–water partition coefficient (Wildman–Crippen LogP) is 4.94. The summed E-state index contributed by atoms with van der Waals surface area (Å²) in [6, 6.07) is 6.99. The van der Waals surface area contributed by atoms with Gasteiger partial charge in [0.2, 0.25) is 5.91 Å². The molecule has 4 bridgehead atoms. The Labute approximate surface area is 193 Å². The molecule has 2 saturated heterocycles. The molecule has 3 atom stereocenters. The van der Waals surface area contributed by atoms with E-state index in [2.05, 4.69) is 17.9 Å². The Morgan fingerprint density at radius 2 is 2.03 bits per heavy atom. The van der Waals surface area contributed by atoms with Crippen LogP contribution in [0.1, 0.15) is 69.9 Å². The summed E-state index contributed by atoms with van der Waals surface area (Å²) in [5.41, 5.74) is 1.63. The van der Waals surface area contributed by atoms with Gasteiger partial charge in [-0.3, -0.25) is 9.48 Å². The van der Waals surface area contributed by atoms with Crippen molar-refractivity contribution in [2.45, 2.75) is 82.4 Å². The first-order valence-electron chi connectivity index (χ1n) is 11.9. The van der Waals surface area contributed by atoms with Gasteiger partial charge in [0.15, 0.2) is 0 Å². The fourth-order valence-corrected chi connectivity index (χ4v) is 7.06. The molecule has 1 amide bonds. The Hall–Kier alpha value is -2.26. The highest BCUT2D eigenvalue weighted by Crippen LogP contribution is 2.56. The van der Waals surface area contributed by atoms with E-state index in [1.165, 1.54) is 0 Å². The zero-order valence-electron chi connectivity index (χ0n) is 18.7. The summed E-state index contributed by atoms with van der Waals surface area (Å²) in [5, 5.41) is 16.0. The summed E-state index contributed by atoms with van der Waals surface area (Å²) in [7, 11) is 1.92. The lowest BCUT2D eigenvalue weighted by Crippen LogP contribution is -2.63. The quantitative estimate of drug-likeness (QED) is 0.643. The van der Waals surface area contributed by atoms with Gasteiger partial charge in [0.25, 0.3) is 0 Å². The number of rotatable bonds is 5. The van der Waals surface area contributed by atoms with Crippen LogP contribution in [0.5, 0.6) is 5.75 Å². The summed E-state index contributed by atoms with van der Waals surface area (Å²) in [5.74, 6) is 1.46. The van der Waals surface area contributed by atoms with Crippen molar-refractivity contribution in [2.75, 3.05) is 0 Å². The summed E-state index contributed by atoms with van der Waals surface area (Å²) in [6.45, 7) is 2.07. The van der Waals surface area contributed by atoms with Gasteiger partial charge in [0, 0.05) is 36.9 Å². The van der Waals surface area contributed by atoms with Crippen molar-refractivity contribution < 1.29 is 9.53 Å². The van der Waals surface area contributed by atoms with Crippen LogP contribution in [0.15, 0.2) is 12.1 Å². The highest BCUT2D eigenvalue weighted by Gasteiger charge is 2.56. The van der Waals surface area contributed by atoms with E-state index < -0.39 is 0 Å². The molecule has 0 N–H and O–H groups in total. The van der Waals surface area contributed by atoms with Crippen molar-refractivity contribution in [1.82, 2.24) is 14.7 Å². The van der Waals surface area contributed by atoms with Crippen LogP contribution in [0.2, 0.25) is 5.02 Å². The van der Waals surface area contributed by atoms with Gasteiger partial charge in [-0.05, 0) is 63.0 Å². The molecule has 7 heteroatoms. The first-order chi connectivity index (χ1) is 15.4. The van der Waals surface area contributed by atoms with E-state index >= 15 is 0 Å². The number of nitriles is 1. The maximum absolute atomic E-state index is 13.5. The number of piperidine rings is 2. The second-order valence-corrected chi connectivity index (χ2v) is 11.0. The molecule has 3 heterocycles. The number of ether oxygens (including phenoxy) is 1. The summed E-state index contributed by atoms with van der Waals surface area (Å²) in [6.07, 6.45) is 7.65. The minimum atomic E-state index is -0.193. The van der Waals surface area contributed by atoms with Crippen molar-refractivity contribution in [1.29, 1.82) is 5.26 Å². The Bertz CT molecular complexity index is 1130. The average molecular weight is 453 g/mol. The molecule has 3 unspecified atom stereocenters. The third-order valence-electron chi connectivity index (χ3n) is 8.17. The number of amides is 1. The Kier molecular flexibility index (Phi) is 4.53. The molecule has 7 rings (SSSR count). The number of halogens is 1. The van der Waals surface area contributed by atoms with Crippen LogP contribution in [-0.4, -0.2) is 38.8 Å². The van der Waals surface area contributed by atoms with Crippen LogP contribution in [0.25, 0.3) is 10.9 Å². The minimum Gasteiger partial charge on any atom is -0.489 e. The highest BCUT2D eigenvalue weighted by atomic mass is 35.5. The Balaban J connectivity index is 1.26. The van der Waals surface area contributed by atoms with Gasteiger partial charge in [0.05, 0.1) is 33.8 Å². The molecule has 3 aliphatic carbocycles. The number of aromatic nitrogens is 2. The normalized spacial score (nSPS) is 31.7. The van der Waals surface area contributed by atoms with Crippen LogP contribution in [0.4, 0.5) is 0 Å². The van der Waals surface area contributed by atoms with Gasteiger partial charge in [-0.1, -0.05) is 18.5 Å². The zero-order chi connectivity index (χ0) is 22.2. The van der Waals surface area contributed by atoms with Gasteiger partial charge < -0.3 is 9.64 Å². The van der Waals surface area contributed by atoms with Crippen LogP contribution in [0.3, 0.4) is 0 Å². The van der Waals surface area contributed by atoms with Crippen molar-refractivity contribution in [3.8, 4) is 11.8 Å². The predicted molar refractivity (Wildman–Crippen MR) is 121 cm³/mol. The lowest BCUT2D eigenvalue weighted by molar-refractivity contribution is -0.153. The molecular formula is C25H29ClN4O2. The number of aryl methyl sites for hydroxylation is 1. The van der Waals surface area contributed by atoms with Crippen LogP contribution < -0.4 is 4.74 Å². The van der Waals surface area contributed by atoms with E-state index in [1.807, 2.05) is 23.9 Å². The second-order valence-electron chi connectivity index (χ2n) is 10.7. The van der Waals surface area contributed by atoms with Crippen molar-refractivity contribution in [3.63, 3.8) is 0 Å². The Morgan fingerprint density at radius 1 is 1.31 bits per heavy atom. The molecule has 168 valence electrons. The van der Waals surface area contributed by atoms with Gasteiger partial charge in [0.1, 0.15) is 5.75 Å². The number of hydrogen-bond donors (Lipinski definition) is 0. The molecular weight excluding hydrogens is 424 g/mol. The maximum atomic E-state index is 13.5. The number of carbonyl (C=O) groups excluding carboxylic acids is 1. The van der Waals surface area contributed by atoms with E-state index in [1.54, 1.807) is 0 Å². The molecule has 32 heavy (non-hydrogen) atoms. The molecule has 3 saturated carbocycles. The van der Waals surface area contributed by atoms with Crippen molar-refractivity contribution in [2.24, 2.45) is 18.4 Å². The summed E-state index contributed by atoms with van der Waals surface area (Å²) >= 11 is 6.79. The SMILES string of the molecule is CC(CC(=O)N1C2CC3CC1CC(C#N)(C3)C2)c1nn(C)c2ccc(OC3CC3)c(Cl)c12. The zero-order valence-corrected chi connectivity index (χ0v) is 19.4. The monoisotopic (exact) mass is 452 g/mol. The van der Waals surface area contributed by atoms with Crippen LogP contribution >= 0.6 is 11.6 Å². The first-order valence-corrected chi connectivity index (χ1v) is 12.3. The van der Waals surface area contributed by atoms with Gasteiger partial charge in [-0.2, -0.15) is 10.4 Å². The van der Waals surface area contributed by atoms with E-state index in [-0.39, 0.29) is 35.4 Å². The molecule has 0 spiro atoms. The molecule has 2 aromatic rings. The molecule has 0 radical (unpaired) electrons. The standard InChI is InChI=1S/C25H29ClN4O2/c1-14(7-21(31)30-16-8-15-9-17(30)12-25(10-15,11-16)13-27)24-22-19(29(2)28-24)5-6-20(23(22)26)32-18-3-4-18/h5-6,14-18H,3-4,7-12H2,1-2H3. The fourth-order valence-electron chi connectivity index (χ4n) is 6.76. The number of fused-ring (bicyclic) bond motifs is 1. The van der Waals surface area contributed by atoms with E-state index in [9.17, 15) is 10.1 Å². The molecule has 1 aromatic carbocycles. The third kappa shape index (κ3) is 3.12. The second kappa shape index (κ2) is 7.12. The minimum absolute atomic E-state index is 0.0537. The van der Waals surface area contributed by atoms with Crippen LogP contribution in [0, 0.1) is 22.7 Å². The van der Waals surface area contributed by atoms with Crippen molar-refractivity contribution in [3.05, 3.63) is 22.8 Å². The number of hydrogen-bond acceptors (Lipinski definition) is 4. The van der Waals surface area contributed by atoms with E-state index in [4.69, 9.17) is 21.4 Å². The first kappa shape index (κ1) is 20.4. The summed E-state index contributed by atoms with van der Waals surface area (Å²) in [4.78, 5) is 15.6. The highest BCUT2D eigenvalue weighted by molar-refractivity contribution is 6.37. The van der Waals surface area contributed by atoms with E-state index in [0.29, 0.717) is 23.1 Å². The largest absolute Gasteiger partial charge is 0.489 e. The van der Waals surface area contributed by atoms with Crippen molar-refractivity contribution >= 4 is 28.4 Å². The van der Waals surface area contributed by atoms with Gasteiger partial charge >= 0.3 is 0 Å². The lowest BCUT2D eigenvalue weighted by atomic mass is 9.56. The molecule has 5 aliphatic rings. The van der Waals surface area contributed by atoms with Gasteiger partial charge in [-0.15, -0.1) is 0 Å². The number of nitrogens with zero attached hydrogens (tertiary/aromatic N) is 4. The molecule has 2 aliphatic heterocycles. The number of carbonyl (C=O) groups is 1. The molecule has 1 aromatic heterocycles. The maximum Gasteiger partial charge on any atom is 0.223 e. The number of benzene rings is 1. The third-order valence-corrected chi connectivity index (χ3v) is 8.54. The smallest absolute Gasteiger partial charge is 0.223 e. The van der Waals surface area contributed by atoms with Gasteiger partial charge in [-0.25, -0.2) is 0 Å². The van der Waals surface area contributed by atoms with Crippen LogP contribution in [-0.2, 0) is 11.8 Å². The topological polar surface area (TPSA) is 71.2 Å². The van der Waals surface area contributed by atoms with E-state index in [0.717, 1.165) is 61.5 Å². The molecule has 6 nitrogen and oxygen atoms in total. The lowest BCUT2D eigenvalue weighted by Gasteiger charge is -2.59. The Morgan fingerprint density at radius 3 is 2.69 bits per heavy atom. The average Bonchev–Trinajstić information content (AvgIpc) is 3.50.